The Labute approximate surface area is 105 Å². The van der Waals surface area contributed by atoms with Crippen molar-refractivity contribution in [2.24, 2.45) is 17.8 Å². The number of hydrogen-bond acceptors (Lipinski definition) is 2. The Morgan fingerprint density at radius 1 is 1.29 bits per heavy atom. The summed E-state index contributed by atoms with van der Waals surface area (Å²) in [5.41, 5.74) is 6.91. The number of carbonyl (C=O) groups excluding carboxylic acids is 1. The fourth-order valence-electron chi connectivity index (χ4n) is 2.80. The number of nitrogen functional groups attached to an aromatic ring is 1. The van der Waals surface area contributed by atoms with Crippen LogP contribution in [0.5, 0.6) is 0 Å². The third kappa shape index (κ3) is 2.12. The van der Waals surface area contributed by atoms with Crippen LogP contribution in [0, 0.1) is 17.8 Å². The van der Waals surface area contributed by atoms with E-state index < -0.39 is 0 Å². The third-order valence-electron chi connectivity index (χ3n) is 3.86. The van der Waals surface area contributed by atoms with E-state index in [4.69, 9.17) is 17.3 Å². The van der Waals surface area contributed by atoms with E-state index >= 15 is 0 Å². The molecule has 3 nitrogen and oxygen atoms in total. The maximum absolute atomic E-state index is 12.0. The molecule has 0 bridgehead atoms. The fraction of sp³-hybridized carbons (Fsp3) is 0.462. The summed E-state index contributed by atoms with van der Waals surface area (Å²) in [6, 6.07) is 5.14. The molecule has 2 aliphatic rings. The Kier molecular flexibility index (Phi) is 2.51. The lowest BCUT2D eigenvalue weighted by atomic mass is 10.0. The van der Waals surface area contributed by atoms with E-state index in [2.05, 4.69) is 5.32 Å². The SMILES string of the molecule is Nc1ccc(Cl)c(NC(=O)C2CC3CC3C2)c1. The highest BCUT2D eigenvalue weighted by molar-refractivity contribution is 6.33. The minimum atomic E-state index is 0.0877. The van der Waals surface area contributed by atoms with Crippen molar-refractivity contribution in [2.75, 3.05) is 11.1 Å². The quantitative estimate of drug-likeness (QED) is 0.793. The first-order valence-electron chi connectivity index (χ1n) is 5.99. The molecule has 3 rings (SSSR count). The second-order valence-electron chi connectivity index (χ2n) is 5.15. The van der Waals surface area contributed by atoms with Gasteiger partial charge in [-0.05, 0) is 49.3 Å². The number of hydrogen-bond donors (Lipinski definition) is 2. The molecule has 2 aliphatic carbocycles. The molecule has 0 aliphatic heterocycles. The maximum atomic E-state index is 12.0. The van der Waals surface area contributed by atoms with Crippen molar-refractivity contribution < 1.29 is 4.79 Å². The van der Waals surface area contributed by atoms with Crippen LogP contribution in [0.4, 0.5) is 11.4 Å². The molecule has 2 atom stereocenters. The highest BCUT2D eigenvalue weighted by Crippen LogP contribution is 2.54. The first-order valence-corrected chi connectivity index (χ1v) is 6.37. The zero-order valence-corrected chi connectivity index (χ0v) is 10.2. The Hall–Kier alpha value is -1.22. The summed E-state index contributed by atoms with van der Waals surface area (Å²) >= 11 is 6.01. The van der Waals surface area contributed by atoms with Crippen LogP contribution in [-0.4, -0.2) is 5.91 Å². The third-order valence-corrected chi connectivity index (χ3v) is 4.19. The van der Waals surface area contributed by atoms with Crippen molar-refractivity contribution in [2.45, 2.75) is 19.3 Å². The standard InChI is InChI=1S/C13H15ClN2O/c14-11-2-1-10(15)6-12(11)16-13(17)9-4-7-3-8(7)5-9/h1-2,6-9H,3-5,15H2,(H,16,17). The fourth-order valence-corrected chi connectivity index (χ4v) is 2.97. The van der Waals surface area contributed by atoms with E-state index in [-0.39, 0.29) is 11.8 Å². The van der Waals surface area contributed by atoms with Crippen LogP contribution in [0.2, 0.25) is 5.02 Å². The van der Waals surface area contributed by atoms with Crippen LogP contribution in [-0.2, 0) is 4.79 Å². The van der Waals surface area contributed by atoms with Crippen LogP contribution in [0.15, 0.2) is 18.2 Å². The lowest BCUT2D eigenvalue weighted by Crippen LogP contribution is -2.21. The molecular weight excluding hydrogens is 236 g/mol. The second kappa shape index (κ2) is 3.91. The Morgan fingerprint density at radius 3 is 2.71 bits per heavy atom. The summed E-state index contributed by atoms with van der Waals surface area (Å²) in [5.74, 6) is 1.87. The van der Waals surface area contributed by atoms with E-state index in [0.29, 0.717) is 16.4 Å². The summed E-state index contributed by atoms with van der Waals surface area (Å²) in [6.07, 6.45) is 3.40. The van der Waals surface area contributed by atoms with Gasteiger partial charge in [-0.2, -0.15) is 0 Å². The zero-order valence-electron chi connectivity index (χ0n) is 9.45. The van der Waals surface area contributed by atoms with Crippen molar-refractivity contribution in [3.05, 3.63) is 23.2 Å². The molecule has 2 unspecified atom stereocenters. The zero-order chi connectivity index (χ0) is 12.0. The number of anilines is 2. The summed E-state index contributed by atoms with van der Waals surface area (Å²) in [5, 5.41) is 3.42. The van der Waals surface area contributed by atoms with E-state index in [1.54, 1.807) is 18.2 Å². The molecule has 1 aromatic rings. The van der Waals surface area contributed by atoms with Crippen molar-refractivity contribution in [1.29, 1.82) is 0 Å². The second-order valence-corrected chi connectivity index (χ2v) is 5.56. The Morgan fingerprint density at radius 2 is 2.00 bits per heavy atom. The monoisotopic (exact) mass is 250 g/mol. The predicted molar refractivity (Wildman–Crippen MR) is 68.8 cm³/mol. The molecule has 0 saturated heterocycles. The lowest BCUT2D eigenvalue weighted by Gasteiger charge is -2.13. The molecule has 3 N–H and O–H groups in total. The summed E-state index contributed by atoms with van der Waals surface area (Å²) in [6.45, 7) is 0. The summed E-state index contributed by atoms with van der Waals surface area (Å²) in [4.78, 5) is 12.0. The van der Waals surface area contributed by atoms with Crippen molar-refractivity contribution in [1.82, 2.24) is 0 Å². The van der Waals surface area contributed by atoms with Crippen LogP contribution in [0.25, 0.3) is 0 Å². The highest BCUT2D eigenvalue weighted by Gasteiger charge is 2.47. The number of carbonyl (C=O) groups is 1. The van der Waals surface area contributed by atoms with Gasteiger partial charge in [-0.15, -0.1) is 0 Å². The number of fused-ring (bicyclic) bond motifs is 1. The Balaban J connectivity index is 1.69. The maximum Gasteiger partial charge on any atom is 0.227 e. The van der Waals surface area contributed by atoms with Gasteiger partial charge in [-0.1, -0.05) is 11.6 Å². The van der Waals surface area contributed by atoms with Crippen LogP contribution >= 0.6 is 11.6 Å². The van der Waals surface area contributed by atoms with E-state index in [9.17, 15) is 4.79 Å². The van der Waals surface area contributed by atoms with Gasteiger partial charge in [0, 0.05) is 11.6 Å². The van der Waals surface area contributed by atoms with E-state index in [1.807, 2.05) is 0 Å². The molecule has 0 aromatic heterocycles. The molecule has 0 spiro atoms. The van der Waals surface area contributed by atoms with E-state index in [0.717, 1.165) is 24.7 Å². The average molecular weight is 251 g/mol. The molecule has 2 saturated carbocycles. The molecule has 90 valence electrons. The number of benzene rings is 1. The number of nitrogens with one attached hydrogen (secondary N) is 1. The molecule has 2 fully saturated rings. The molecule has 1 aromatic carbocycles. The highest BCUT2D eigenvalue weighted by atomic mass is 35.5. The number of halogens is 1. The number of amides is 1. The van der Waals surface area contributed by atoms with E-state index in [1.165, 1.54) is 6.42 Å². The Bertz CT molecular complexity index is 464. The van der Waals surface area contributed by atoms with Gasteiger partial charge in [0.25, 0.3) is 0 Å². The van der Waals surface area contributed by atoms with Crippen LogP contribution in [0.1, 0.15) is 19.3 Å². The molecule has 0 radical (unpaired) electrons. The topological polar surface area (TPSA) is 55.1 Å². The van der Waals surface area contributed by atoms with Gasteiger partial charge in [0.15, 0.2) is 0 Å². The van der Waals surface area contributed by atoms with Gasteiger partial charge in [-0.3, -0.25) is 4.79 Å². The van der Waals surface area contributed by atoms with Gasteiger partial charge in [0.05, 0.1) is 10.7 Å². The van der Waals surface area contributed by atoms with Crippen LogP contribution in [0.3, 0.4) is 0 Å². The average Bonchev–Trinajstić information content (AvgIpc) is 2.91. The molecule has 17 heavy (non-hydrogen) atoms. The van der Waals surface area contributed by atoms with Gasteiger partial charge in [0.1, 0.15) is 0 Å². The summed E-state index contributed by atoms with van der Waals surface area (Å²) < 4.78 is 0. The molecular formula is C13H15ClN2O. The minimum absolute atomic E-state index is 0.0877. The number of nitrogens with two attached hydrogens (primary N) is 1. The van der Waals surface area contributed by atoms with Gasteiger partial charge >= 0.3 is 0 Å². The van der Waals surface area contributed by atoms with Gasteiger partial charge in [-0.25, -0.2) is 0 Å². The first kappa shape index (κ1) is 10.9. The number of rotatable bonds is 2. The smallest absolute Gasteiger partial charge is 0.227 e. The summed E-state index contributed by atoms with van der Waals surface area (Å²) in [7, 11) is 0. The van der Waals surface area contributed by atoms with Crippen molar-refractivity contribution in [3.8, 4) is 0 Å². The minimum Gasteiger partial charge on any atom is -0.399 e. The van der Waals surface area contributed by atoms with Crippen LogP contribution < -0.4 is 11.1 Å². The largest absolute Gasteiger partial charge is 0.399 e. The normalized spacial score (nSPS) is 29.8. The van der Waals surface area contributed by atoms with Gasteiger partial charge < -0.3 is 11.1 Å². The lowest BCUT2D eigenvalue weighted by molar-refractivity contribution is -0.120. The van der Waals surface area contributed by atoms with Crippen molar-refractivity contribution in [3.63, 3.8) is 0 Å². The molecule has 0 heterocycles. The first-order chi connectivity index (χ1) is 8.13. The molecule has 4 heteroatoms. The molecule has 1 amide bonds. The van der Waals surface area contributed by atoms with Crippen molar-refractivity contribution >= 4 is 28.9 Å². The van der Waals surface area contributed by atoms with Gasteiger partial charge in [0.2, 0.25) is 5.91 Å². The predicted octanol–water partition coefficient (Wildman–Crippen LogP) is 2.91.